The van der Waals surface area contributed by atoms with Crippen LogP contribution in [0, 0.1) is 6.92 Å². The molecule has 92 valence electrons. The molecule has 3 rings (SSSR count). The second-order valence-corrected chi connectivity index (χ2v) is 4.71. The third-order valence-corrected chi connectivity index (χ3v) is 3.36. The quantitative estimate of drug-likeness (QED) is 0.721. The lowest BCUT2D eigenvalue weighted by atomic mass is 10.0. The summed E-state index contributed by atoms with van der Waals surface area (Å²) in [6.07, 6.45) is 8.97. The fraction of sp³-hybridized carbons (Fsp3) is 0.357. The molecule has 0 saturated heterocycles. The van der Waals surface area contributed by atoms with Crippen molar-refractivity contribution in [2.45, 2.75) is 32.6 Å². The number of imidazole rings is 1. The van der Waals surface area contributed by atoms with Gasteiger partial charge in [-0.1, -0.05) is 0 Å². The number of carbonyl (C=O) groups is 1. The second kappa shape index (κ2) is 4.37. The van der Waals surface area contributed by atoms with Crippen LogP contribution in [0.15, 0.2) is 24.8 Å². The molecule has 0 unspecified atom stereocenters. The molecule has 2 aromatic heterocycles. The van der Waals surface area contributed by atoms with Crippen LogP contribution in [0.1, 0.15) is 41.0 Å². The van der Waals surface area contributed by atoms with E-state index in [1.165, 1.54) is 0 Å². The molecule has 2 aromatic rings. The summed E-state index contributed by atoms with van der Waals surface area (Å²) in [4.78, 5) is 20.6. The molecule has 0 amide bonds. The Labute approximate surface area is 106 Å². The molecule has 1 aliphatic rings. The molecule has 2 heterocycles. The number of ketones is 1. The van der Waals surface area contributed by atoms with Gasteiger partial charge in [-0.3, -0.25) is 4.79 Å². The Morgan fingerprint density at radius 2 is 2.11 bits per heavy atom. The average Bonchev–Trinajstić information content (AvgIpc) is 2.82. The van der Waals surface area contributed by atoms with Crippen LogP contribution in [-0.4, -0.2) is 20.3 Å². The summed E-state index contributed by atoms with van der Waals surface area (Å²) in [5.41, 5.74) is 3.66. The number of pyridine rings is 1. The van der Waals surface area contributed by atoms with Crippen molar-refractivity contribution in [3.63, 3.8) is 0 Å². The van der Waals surface area contributed by atoms with Crippen molar-refractivity contribution in [2.75, 3.05) is 0 Å². The Balaban J connectivity index is 2.23. The lowest BCUT2D eigenvalue weighted by molar-refractivity contribution is 0.0977. The molecule has 0 fully saturated rings. The van der Waals surface area contributed by atoms with Crippen molar-refractivity contribution in [3.8, 4) is 5.69 Å². The van der Waals surface area contributed by atoms with Gasteiger partial charge in [-0.05, 0) is 32.3 Å². The summed E-state index contributed by atoms with van der Waals surface area (Å²) < 4.78 is 1.96. The van der Waals surface area contributed by atoms with Gasteiger partial charge in [0.15, 0.2) is 5.78 Å². The molecule has 18 heavy (non-hydrogen) atoms. The van der Waals surface area contributed by atoms with Gasteiger partial charge < -0.3 is 4.57 Å². The fourth-order valence-electron chi connectivity index (χ4n) is 2.50. The maximum atomic E-state index is 12.1. The Bertz CT molecular complexity index is 587. The van der Waals surface area contributed by atoms with Gasteiger partial charge in [0.1, 0.15) is 5.69 Å². The minimum absolute atomic E-state index is 0.174. The highest BCUT2D eigenvalue weighted by Crippen LogP contribution is 2.25. The van der Waals surface area contributed by atoms with Gasteiger partial charge in [0.05, 0.1) is 12.0 Å². The lowest BCUT2D eigenvalue weighted by Gasteiger charge is -2.12. The predicted molar refractivity (Wildman–Crippen MR) is 68.0 cm³/mol. The van der Waals surface area contributed by atoms with E-state index in [9.17, 15) is 4.79 Å². The maximum absolute atomic E-state index is 12.1. The fourth-order valence-corrected chi connectivity index (χ4v) is 2.50. The van der Waals surface area contributed by atoms with Gasteiger partial charge in [-0.25, -0.2) is 9.97 Å². The molecule has 4 nitrogen and oxygen atoms in total. The van der Waals surface area contributed by atoms with E-state index in [-0.39, 0.29) is 5.78 Å². The van der Waals surface area contributed by atoms with Crippen LogP contribution >= 0.6 is 0 Å². The minimum atomic E-state index is 0.174. The van der Waals surface area contributed by atoms with E-state index in [4.69, 9.17) is 0 Å². The first-order valence-electron chi connectivity index (χ1n) is 6.28. The maximum Gasteiger partial charge on any atom is 0.181 e. The molecule has 0 aromatic carbocycles. The molecule has 0 radical (unpaired) electrons. The van der Waals surface area contributed by atoms with Crippen LogP contribution in [0.2, 0.25) is 0 Å². The standard InChI is InChI=1S/C14H15N3O/c1-10-8-12(17-7-6-15-9-17)11-4-2-3-5-13(18)14(11)16-10/h6-9H,2-5H2,1H3. The molecular formula is C14H15N3O. The highest BCUT2D eigenvalue weighted by molar-refractivity contribution is 5.96. The highest BCUT2D eigenvalue weighted by Gasteiger charge is 2.21. The number of nitrogens with zero attached hydrogens (tertiary/aromatic N) is 3. The van der Waals surface area contributed by atoms with Gasteiger partial charge in [0.2, 0.25) is 0 Å². The number of hydrogen-bond acceptors (Lipinski definition) is 3. The second-order valence-electron chi connectivity index (χ2n) is 4.71. The number of Topliss-reactive ketones (excluding diaryl/α,β-unsaturated/α-hetero) is 1. The van der Waals surface area contributed by atoms with Crippen molar-refractivity contribution < 1.29 is 4.79 Å². The molecule has 0 spiro atoms. The van der Waals surface area contributed by atoms with Gasteiger partial charge >= 0.3 is 0 Å². The smallest absolute Gasteiger partial charge is 0.181 e. The number of carbonyl (C=O) groups excluding carboxylic acids is 1. The van der Waals surface area contributed by atoms with Crippen LogP contribution < -0.4 is 0 Å². The zero-order valence-electron chi connectivity index (χ0n) is 10.4. The first kappa shape index (κ1) is 11.1. The summed E-state index contributed by atoms with van der Waals surface area (Å²) in [5, 5.41) is 0. The predicted octanol–water partition coefficient (Wildman–Crippen LogP) is 2.48. The SMILES string of the molecule is Cc1cc(-n2ccnc2)c2c(n1)C(=O)CCCC2. The molecule has 0 saturated carbocycles. The topological polar surface area (TPSA) is 47.8 Å². The summed E-state index contributed by atoms with van der Waals surface area (Å²) >= 11 is 0. The van der Waals surface area contributed by atoms with Gasteiger partial charge in [-0.2, -0.15) is 0 Å². The summed E-state index contributed by atoms with van der Waals surface area (Å²) in [5.74, 6) is 0.174. The Morgan fingerprint density at radius 1 is 1.28 bits per heavy atom. The Kier molecular flexibility index (Phi) is 2.70. The number of aryl methyl sites for hydroxylation is 1. The summed E-state index contributed by atoms with van der Waals surface area (Å²) in [6, 6.07) is 2.03. The number of fused-ring (bicyclic) bond motifs is 1. The van der Waals surface area contributed by atoms with E-state index in [1.54, 1.807) is 12.5 Å². The largest absolute Gasteiger partial charge is 0.306 e. The molecule has 0 aliphatic heterocycles. The third-order valence-electron chi connectivity index (χ3n) is 3.36. The summed E-state index contributed by atoms with van der Waals surface area (Å²) in [6.45, 7) is 1.93. The first-order chi connectivity index (χ1) is 8.75. The van der Waals surface area contributed by atoms with Gasteiger partial charge in [0, 0.05) is 30.1 Å². The van der Waals surface area contributed by atoms with E-state index in [0.29, 0.717) is 12.1 Å². The molecule has 1 aliphatic carbocycles. The van der Waals surface area contributed by atoms with E-state index in [2.05, 4.69) is 9.97 Å². The number of aromatic nitrogens is 3. The monoisotopic (exact) mass is 241 g/mol. The van der Waals surface area contributed by atoms with E-state index >= 15 is 0 Å². The normalized spacial score (nSPS) is 15.3. The van der Waals surface area contributed by atoms with Crippen LogP contribution in [0.25, 0.3) is 5.69 Å². The van der Waals surface area contributed by atoms with Crippen LogP contribution in [0.5, 0.6) is 0 Å². The van der Waals surface area contributed by atoms with Crippen molar-refractivity contribution in [2.24, 2.45) is 0 Å². The molecule has 0 N–H and O–H groups in total. The van der Waals surface area contributed by atoms with Gasteiger partial charge in [0.25, 0.3) is 0 Å². The zero-order valence-corrected chi connectivity index (χ0v) is 10.4. The Hall–Kier alpha value is -1.97. The first-order valence-corrected chi connectivity index (χ1v) is 6.28. The average molecular weight is 241 g/mol. The highest BCUT2D eigenvalue weighted by atomic mass is 16.1. The van der Waals surface area contributed by atoms with Gasteiger partial charge in [-0.15, -0.1) is 0 Å². The van der Waals surface area contributed by atoms with Crippen LogP contribution in [-0.2, 0) is 6.42 Å². The van der Waals surface area contributed by atoms with Crippen molar-refractivity contribution in [3.05, 3.63) is 41.7 Å². The zero-order chi connectivity index (χ0) is 12.5. The number of hydrogen-bond donors (Lipinski definition) is 0. The molecule has 4 heteroatoms. The minimum Gasteiger partial charge on any atom is -0.306 e. The third kappa shape index (κ3) is 1.83. The van der Waals surface area contributed by atoms with Crippen LogP contribution in [0.4, 0.5) is 0 Å². The van der Waals surface area contributed by atoms with E-state index < -0.39 is 0 Å². The van der Waals surface area contributed by atoms with E-state index in [1.807, 2.05) is 23.8 Å². The van der Waals surface area contributed by atoms with Crippen LogP contribution in [0.3, 0.4) is 0 Å². The lowest BCUT2D eigenvalue weighted by Crippen LogP contribution is -2.09. The van der Waals surface area contributed by atoms with Crippen molar-refractivity contribution in [1.82, 2.24) is 14.5 Å². The van der Waals surface area contributed by atoms with Crippen molar-refractivity contribution >= 4 is 5.78 Å². The molecular weight excluding hydrogens is 226 g/mol. The van der Waals surface area contributed by atoms with Crippen molar-refractivity contribution in [1.29, 1.82) is 0 Å². The Morgan fingerprint density at radius 3 is 2.89 bits per heavy atom. The molecule has 0 bridgehead atoms. The van der Waals surface area contributed by atoms with E-state index in [0.717, 1.165) is 36.2 Å². The molecule has 0 atom stereocenters. The summed E-state index contributed by atoms with van der Waals surface area (Å²) in [7, 11) is 0. The number of rotatable bonds is 1.